The van der Waals surface area contributed by atoms with E-state index in [1.807, 2.05) is 59.3 Å². The maximum atomic E-state index is 4.82. The summed E-state index contributed by atoms with van der Waals surface area (Å²) in [4.78, 5) is 9.34. The molecule has 0 atom stereocenters. The second-order valence-corrected chi connectivity index (χ2v) is 21.5. The molecule has 0 aliphatic rings. The smallest absolute Gasteiger partial charge is 0.0795 e. The van der Waals surface area contributed by atoms with Crippen LogP contribution >= 0.6 is 22.7 Å². The third-order valence-corrected chi connectivity index (χ3v) is 13.7. The predicted octanol–water partition coefficient (Wildman–Crippen LogP) is 13.2. The Labute approximate surface area is 328 Å². The van der Waals surface area contributed by atoms with Crippen LogP contribution in [0.4, 0.5) is 0 Å². The van der Waals surface area contributed by atoms with Crippen molar-refractivity contribution in [3.8, 4) is 33.6 Å². The molecule has 0 saturated heterocycles. The predicted molar refractivity (Wildman–Crippen MR) is 225 cm³/mol. The first-order chi connectivity index (χ1) is 24.7. The number of hydrogen-bond acceptors (Lipinski definition) is 4. The van der Waals surface area contributed by atoms with Crippen LogP contribution in [0.3, 0.4) is 0 Å². The van der Waals surface area contributed by atoms with E-state index in [0.29, 0.717) is 5.92 Å². The first-order valence-electron chi connectivity index (χ1n) is 17.4. The van der Waals surface area contributed by atoms with Crippen molar-refractivity contribution in [1.82, 2.24) is 9.97 Å². The zero-order valence-electron chi connectivity index (χ0n) is 29.8. The molecule has 1 radical (unpaired) electrons. The number of fused-ring (bicyclic) bond motifs is 7. The molecule has 4 heterocycles. The van der Waals surface area contributed by atoms with Crippen molar-refractivity contribution in [2.24, 2.45) is 0 Å². The van der Waals surface area contributed by atoms with Gasteiger partial charge in [-0.25, -0.2) is 0 Å². The van der Waals surface area contributed by atoms with Gasteiger partial charge in [-0.2, -0.15) is 22.7 Å². The second kappa shape index (κ2) is 15.0. The Morgan fingerprint density at radius 1 is 0.654 bits per heavy atom. The van der Waals surface area contributed by atoms with Gasteiger partial charge < -0.3 is 9.97 Å². The summed E-state index contributed by atoms with van der Waals surface area (Å²) in [7, 11) is -1.23. The third kappa shape index (κ3) is 7.07. The average Bonchev–Trinajstić information content (AvgIpc) is 3.73. The molecule has 9 aromatic rings. The molecule has 2 nitrogen and oxygen atoms in total. The summed E-state index contributed by atoms with van der Waals surface area (Å²) in [6, 6.07) is 49.9. The van der Waals surface area contributed by atoms with Crippen molar-refractivity contribution >= 4 is 76.3 Å². The molecule has 52 heavy (non-hydrogen) atoms. The molecule has 0 aliphatic carbocycles. The minimum absolute atomic E-state index is 0. The summed E-state index contributed by atoms with van der Waals surface area (Å²) in [5.41, 5.74) is 7.99. The van der Waals surface area contributed by atoms with E-state index in [1.54, 1.807) is 0 Å². The number of hydrogen-bond donors (Lipinski definition) is 0. The summed E-state index contributed by atoms with van der Waals surface area (Å²) in [6.45, 7) is 11.5. The van der Waals surface area contributed by atoms with Crippen molar-refractivity contribution in [3.05, 3.63) is 151 Å². The Bertz CT molecular complexity index is 2640. The summed E-state index contributed by atoms with van der Waals surface area (Å²) >= 11 is 3.70. The monoisotopic (exact) mass is 903 g/mol. The number of benzene rings is 5. The van der Waals surface area contributed by atoms with E-state index < -0.39 is 8.07 Å². The fourth-order valence-electron chi connectivity index (χ4n) is 6.56. The van der Waals surface area contributed by atoms with E-state index in [0.717, 1.165) is 22.5 Å². The normalized spacial score (nSPS) is 11.6. The Morgan fingerprint density at radius 2 is 1.42 bits per heavy atom. The summed E-state index contributed by atoms with van der Waals surface area (Å²) in [6.07, 6.45) is 3.96. The van der Waals surface area contributed by atoms with Crippen LogP contribution in [0, 0.1) is 12.1 Å². The van der Waals surface area contributed by atoms with Crippen molar-refractivity contribution in [2.45, 2.75) is 39.4 Å². The number of aromatic nitrogens is 2. The van der Waals surface area contributed by atoms with Crippen LogP contribution in [0.5, 0.6) is 0 Å². The van der Waals surface area contributed by atoms with Crippen molar-refractivity contribution < 1.29 is 20.1 Å². The minimum Gasteiger partial charge on any atom is -0.305 e. The molecular formula is C46H38IrN2S2Si-2. The number of pyridine rings is 2. The first-order valence-corrected chi connectivity index (χ1v) is 22.6. The molecule has 0 fully saturated rings. The quantitative estimate of drug-likeness (QED) is 0.127. The van der Waals surface area contributed by atoms with Crippen LogP contribution in [-0.2, 0) is 20.1 Å². The van der Waals surface area contributed by atoms with Gasteiger partial charge in [0.15, 0.2) is 0 Å². The van der Waals surface area contributed by atoms with E-state index in [4.69, 9.17) is 4.98 Å². The number of rotatable bonds is 5. The van der Waals surface area contributed by atoms with E-state index in [-0.39, 0.29) is 20.1 Å². The Balaban J connectivity index is 0.000000209. The Hall–Kier alpha value is -4.29. The summed E-state index contributed by atoms with van der Waals surface area (Å²) in [5, 5.41) is 6.68. The van der Waals surface area contributed by atoms with Gasteiger partial charge in [0.05, 0.1) is 8.07 Å². The molecule has 9 rings (SSSR count). The van der Waals surface area contributed by atoms with Gasteiger partial charge in [0, 0.05) is 41.9 Å². The van der Waals surface area contributed by atoms with E-state index in [1.165, 1.54) is 62.2 Å². The van der Waals surface area contributed by atoms with Gasteiger partial charge in [-0.1, -0.05) is 129 Å². The van der Waals surface area contributed by atoms with Crippen LogP contribution in [-0.4, -0.2) is 18.0 Å². The van der Waals surface area contributed by atoms with E-state index in [2.05, 4.69) is 148 Å². The van der Waals surface area contributed by atoms with Crippen LogP contribution in [0.15, 0.2) is 134 Å². The first kappa shape index (κ1) is 36.1. The second-order valence-electron chi connectivity index (χ2n) is 14.3. The zero-order valence-corrected chi connectivity index (χ0v) is 34.9. The van der Waals surface area contributed by atoms with Gasteiger partial charge in [-0.3, -0.25) is 0 Å². The Kier molecular flexibility index (Phi) is 10.4. The average molecular weight is 903 g/mol. The van der Waals surface area contributed by atoms with Gasteiger partial charge >= 0.3 is 0 Å². The number of nitrogens with zero attached hydrogens (tertiary/aromatic N) is 2. The fourth-order valence-corrected chi connectivity index (χ4v) is 9.96. The molecule has 0 spiro atoms. The fraction of sp³-hybridized carbons (Fsp3) is 0.130. The van der Waals surface area contributed by atoms with Gasteiger partial charge in [0.1, 0.15) is 0 Å². The maximum Gasteiger partial charge on any atom is 0.0795 e. The largest absolute Gasteiger partial charge is 0.305 e. The molecule has 0 unspecified atom stereocenters. The molecule has 5 aromatic carbocycles. The standard InChI is InChI=1S/C32H22NS2.C14H16NSi.Ir/c1-19(2)21-14-15-33-26(16-21)25-18-29-30(23-10-6-7-11-27(23)34-29)31-24-13-12-22(17-28(24)35-32(25)31)20-8-4-3-5-9-20;1-16(2,3)13-9-10-14(15-11-13)12-7-5-4-6-8-12;/h3-17,19H,1-2H3;4-7,9-11H,1-3H3;/q2*-1;. The van der Waals surface area contributed by atoms with Crippen LogP contribution in [0.25, 0.3) is 74.0 Å². The van der Waals surface area contributed by atoms with Crippen molar-refractivity contribution in [2.75, 3.05) is 0 Å². The van der Waals surface area contributed by atoms with Crippen LogP contribution < -0.4 is 5.19 Å². The molecule has 0 saturated carbocycles. The van der Waals surface area contributed by atoms with Gasteiger partial charge in [-0.05, 0) is 72.0 Å². The molecule has 259 valence electrons. The molecule has 6 heteroatoms. The maximum absolute atomic E-state index is 4.82. The van der Waals surface area contributed by atoms with Crippen molar-refractivity contribution in [1.29, 1.82) is 0 Å². The van der Waals surface area contributed by atoms with Crippen LogP contribution in [0.1, 0.15) is 25.3 Å². The zero-order chi connectivity index (χ0) is 35.1. The Morgan fingerprint density at radius 3 is 2.15 bits per heavy atom. The molecule has 0 bridgehead atoms. The minimum atomic E-state index is -1.23. The SMILES string of the molecule is CC(C)c1ccnc(-c2[c-]c3sc4ccccc4c3c3c2sc2cc(-c4ccccc4)ccc23)c1.C[Si](C)(C)c1ccc(-c2[c-]cccc2)nc1.[Ir]. The topological polar surface area (TPSA) is 25.8 Å². The van der Waals surface area contributed by atoms with Crippen molar-refractivity contribution in [3.63, 3.8) is 0 Å². The van der Waals surface area contributed by atoms with E-state index in [9.17, 15) is 0 Å². The summed E-state index contributed by atoms with van der Waals surface area (Å²) in [5.74, 6) is 0.455. The summed E-state index contributed by atoms with van der Waals surface area (Å²) < 4.78 is 5.09. The molecular weight excluding hydrogens is 865 g/mol. The van der Waals surface area contributed by atoms with E-state index >= 15 is 0 Å². The third-order valence-electron chi connectivity index (χ3n) is 9.43. The van der Waals surface area contributed by atoms with Crippen LogP contribution in [0.2, 0.25) is 19.6 Å². The molecule has 0 aliphatic heterocycles. The molecule has 0 amide bonds. The van der Waals surface area contributed by atoms with Gasteiger partial charge in [0.2, 0.25) is 0 Å². The molecule has 0 N–H and O–H groups in total. The van der Waals surface area contributed by atoms with Gasteiger partial charge in [-0.15, -0.1) is 47.5 Å². The molecule has 4 aromatic heterocycles. The number of thiophene rings is 2. The van der Waals surface area contributed by atoms with Gasteiger partial charge in [0.25, 0.3) is 0 Å².